The molecular weight excluding hydrogens is 258 g/mol. The Bertz CT molecular complexity index is 478. The van der Waals surface area contributed by atoms with Gasteiger partial charge in [-0.2, -0.15) is 0 Å². The van der Waals surface area contributed by atoms with Gasteiger partial charge in [0.15, 0.2) is 0 Å². The Morgan fingerprint density at radius 1 is 1.68 bits per heavy atom. The molecule has 1 aromatic rings. The Labute approximate surface area is 108 Å². The lowest BCUT2D eigenvalue weighted by atomic mass is 10.2. The van der Waals surface area contributed by atoms with Crippen molar-refractivity contribution in [2.24, 2.45) is 0 Å². The van der Waals surface area contributed by atoms with Crippen molar-refractivity contribution in [3.63, 3.8) is 0 Å². The molecule has 9 nitrogen and oxygen atoms in total. The second-order valence-corrected chi connectivity index (χ2v) is 3.63. The molecule has 0 radical (unpaired) electrons. The van der Waals surface area contributed by atoms with E-state index in [0.717, 1.165) is 12.3 Å². The van der Waals surface area contributed by atoms with E-state index in [4.69, 9.17) is 14.9 Å². The highest BCUT2D eigenvalue weighted by Crippen LogP contribution is 2.20. The second kappa shape index (κ2) is 6.61. The van der Waals surface area contributed by atoms with Crippen molar-refractivity contribution >= 4 is 17.5 Å². The molecule has 19 heavy (non-hydrogen) atoms. The number of hydrogen-bond acceptors (Lipinski definition) is 7. The number of carboxylic acid groups (broad SMARTS) is 1. The smallest absolute Gasteiger partial charge is 0.342 e. The predicted molar refractivity (Wildman–Crippen MR) is 64.2 cm³/mol. The Balaban J connectivity index is 3.01. The quantitative estimate of drug-likeness (QED) is 0.469. The third kappa shape index (κ3) is 3.86. The van der Waals surface area contributed by atoms with Crippen molar-refractivity contribution in [3.8, 4) is 0 Å². The van der Waals surface area contributed by atoms with E-state index in [1.165, 1.54) is 7.11 Å². The number of rotatable bonds is 7. The number of anilines is 1. The molecule has 0 aliphatic carbocycles. The highest BCUT2D eigenvalue weighted by Gasteiger charge is 2.21. The van der Waals surface area contributed by atoms with Gasteiger partial charge in [-0.25, -0.2) is 9.78 Å². The molecular formula is C10H13N3O6. The minimum absolute atomic E-state index is 0.110. The lowest BCUT2D eigenvalue weighted by molar-refractivity contribution is -0.385. The highest BCUT2D eigenvalue weighted by molar-refractivity contribution is 5.93. The van der Waals surface area contributed by atoms with Crippen LogP contribution in [-0.4, -0.2) is 52.5 Å². The molecule has 1 unspecified atom stereocenters. The first-order chi connectivity index (χ1) is 8.99. The zero-order chi connectivity index (χ0) is 14.4. The normalized spacial score (nSPS) is 11.9. The number of pyridine rings is 1. The van der Waals surface area contributed by atoms with Gasteiger partial charge in [-0.05, 0) is 0 Å². The van der Waals surface area contributed by atoms with Crippen LogP contribution in [0.25, 0.3) is 0 Å². The average molecular weight is 271 g/mol. The minimum Gasteiger partial charge on any atom is -0.477 e. The van der Waals surface area contributed by atoms with E-state index in [1.54, 1.807) is 0 Å². The molecule has 1 atom stereocenters. The van der Waals surface area contributed by atoms with Crippen LogP contribution >= 0.6 is 0 Å². The number of ether oxygens (including phenoxy) is 1. The molecule has 0 saturated carbocycles. The predicted octanol–water partition coefficient (Wildman–Crippen LogP) is 0.107. The standard InChI is InChI=1S/C10H13N3O6/c1-19-5-6(4-14)12-9-2-7(10(15)16)8(3-11-9)13(17)18/h2-3,6,14H,4-5H2,1H3,(H,11,12)(H,15,16). The summed E-state index contributed by atoms with van der Waals surface area (Å²) in [7, 11) is 1.44. The number of nitrogens with one attached hydrogen (secondary N) is 1. The topological polar surface area (TPSA) is 135 Å². The lowest BCUT2D eigenvalue weighted by Crippen LogP contribution is -2.29. The Morgan fingerprint density at radius 2 is 2.37 bits per heavy atom. The molecule has 3 N–H and O–H groups in total. The number of nitrogens with zero attached hydrogens (tertiary/aromatic N) is 2. The monoisotopic (exact) mass is 271 g/mol. The number of nitro groups is 1. The fourth-order valence-electron chi connectivity index (χ4n) is 1.39. The fraction of sp³-hybridized carbons (Fsp3) is 0.400. The molecule has 0 aliphatic rings. The molecule has 0 spiro atoms. The van der Waals surface area contributed by atoms with E-state index >= 15 is 0 Å². The van der Waals surface area contributed by atoms with Gasteiger partial charge in [0.2, 0.25) is 0 Å². The van der Waals surface area contributed by atoms with Crippen LogP contribution in [0.1, 0.15) is 10.4 Å². The summed E-state index contributed by atoms with van der Waals surface area (Å²) in [4.78, 5) is 24.5. The fourth-order valence-corrected chi connectivity index (χ4v) is 1.39. The van der Waals surface area contributed by atoms with Crippen LogP contribution in [0.4, 0.5) is 11.5 Å². The lowest BCUT2D eigenvalue weighted by Gasteiger charge is -2.15. The molecule has 0 fully saturated rings. The molecule has 0 saturated heterocycles. The van der Waals surface area contributed by atoms with E-state index in [1.807, 2.05) is 0 Å². The summed E-state index contributed by atoms with van der Waals surface area (Å²) in [5, 5.41) is 31.3. The van der Waals surface area contributed by atoms with Crippen LogP contribution in [-0.2, 0) is 4.74 Å². The number of carboxylic acids is 1. The third-order valence-electron chi connectivity index (χ3n) is 2.25. The summed E-state index contributed by atoms with van der Waals surface area (Å²) in [6, 6.07) is 0.555. The Kier molecular flexibility index (Phi) is 5.15. The van der Waals surface area contributed by atoms with E-state index in [9.17, 15) is 14.9 Å². The number of aromatic nitrogens is 1. The molecule has 1 rings (SSSR count). The second-order valence-electron chi connectivity index (χ2n) is 3.63. The first-order valence-corrected chi connectivity index (χ1v) is 5.23. The van der Waals surface area contributed by atoms with Crippen molar-refractivity contribution in [1.82, 2.24) is 4.98 Å². The molecule has 9 heteroatoms. The molecule has 104 valence electrons. The number of aromatic carboxylic acids is 1. The first-order valence-electron chi connectivity index (χ1n) is 5.23. The number of aliphatic hydroxyl groups excluding tert-OH is 1. The highest BCUT2D eigenvalue weighted by atomic mass is 16.6. The summed E-state index contributed by atoms with van der Waals surface area (Å²) in [6.45, 7) is -0.0769. The maximum absolute atomic E-state index is 10.9. The van der Waals surface area contributed by atoms with Crippen LogP contribution in [0.5, 0.6) is 0 Å². The first kappa shape index (κ1) is 14.8. The third-order valence-corrected chi connectivity index (χ3v) is 2.25. The van der Waals surface area contributed by atoms with Crippen molar-refractivity contribution in [2.45, 2.75) is 6.04 Å². The number of methoxy groups -OCH3 is 1. The van der Waals surface area contributed by atoms with Crippen LogP contribution in [0, 0.1) is 10.1 Å². The van der Waals surface area contributed by atoms with Crippen LogP contribution in [0.2, 0.25) is 0 Å². The van der Waals surface area contributed by atoms with Crippen molar-refractivity contribution in [1.29, 1.82) is 0 Å². The Morgan fingerprint density at radius 3 is 2.84 bits per heavy atom. The van der Waals surface area contributed by atoms with E-state index < -0.39 is 28.2 Å². The van der Waals surface area contributed by atoms with Gasteiger partial charge in [0.05, 0.1) is 24.2 Å². The van der Waals surface area contributed by atoms with Crippen LogP contribution in [0.3, 0.4) is 0 Å². The Hall–Kier alpha value is -2.26. The largest absolute Gasteiger partial charge is 0.477 e. The van der Waals surface area contributed by atoms with E-state index in [0.29, 0.717) is 0 Å². The number of carbonyl (C=O) groups is 1. The average Bonchev–Trinajstić information content (AvgIpc) is 2.37. The van der Waals surface area contributed by atoms with Crippen molar-refractivity contribution in [2.75, 3.05) is 25.6 Å². The van der Waals surface area contributed by atoms with E-state index in [-0.39, 0.29) is 19.0 Å². The summed E-state index contributed by atoms with van der Waals surface area (Å²) in [5.74, 6) is -1.32. The zero-order valence-electron chi connectivity index (χ0n) is 10.1. The summed E-state index contributed by atoms with van der Waals surface area (Å²) >= 11 is 0. The number of hydrogen-bond donors (Lipinski definition) is 3. The van der Waals surface area contributed by atoms with Gasteiger partial charge in [-0.3, -0.25) is 10.1 Å². The van der Waals surface area contributed by atoms with Gasteiger partial charge in [-0.15, -0.1) is 0 Å². The van der Waals surface area contributed by atoms with Crippen molar-refractivity contribution < 1.29 is 24.7 Å². The molecule has 0 bridgehead atoms. The number of aliphatic hydroxyl groups is 1. The van der Waals surface area contributed by atoms with Gasteiger partial charge >= 0.3 is 11.7 Å². The van der Waals surface area contributed by atoms with Crippen LogP contribution < -0.4 is 5.32 Å². The minimum atomic E-state index is -1.43. The van der Waals surface area contributed by atoms with Gasteiger partial charge in [0, 0.05) is 13.2 Å². The molecule has 1 heterocycles. The SMILES string of the molecule is COCC(CO)Nc1cc(C(=O)O)c([N+](=O)[O-])cn1. The summed E-state index contributed by atoms with van der Waals surface area (Å²) in [5.41, 5.74) is -1.07. The summed E-state index contributed by atoms with van der Waals surface area (Å²) in [6.07, 6.45) is 0.854. The van der Waals surface area contributed by atoms with Crippen LogP contribution in [0.15, 0.2) is 12.3 Å². The van der Waals surface area contributed by atoms with Gasteiger partial charge < -0.3 is 20.3 Å². The maximum Gasteiger partial charge on any atom is 0.342 e. The maximum atomic E-state index is 10.9. The molecule has 1 aromatic heterocycles. The molecule has 0 aliphatic heterocycles. The zero-order valence-corrected chi connectivity index (χ0v) is 10.1. The van der Waals surface area contributed by atoms with Gasteiger partial charge in [0.25, 0.3) is 0 Å². The van der Waals surface area contributed by atoms with Gasteiger partial charge in [0.1, 0.15) is 17.6 Å². The van der Waals surface area contributed by atoms with E-state index in [2.05, 4.69) is 10.3 Å². The molecule has 0 aromatic carbocycles. The van der Waals surface area contributed by atoms with Crippen molar-refractivity contribution in [3.05, 3.63) is 27.9 Å². The van der Waals surface area contributed by atoms with Gasteiger partial charge in [-0.1, -0.05) is 0 Å². The molecule has 0 amide bonds. The summed E-state index contributed by atoms with van der Waals surface area (Å²) < 4.78 is 4.83.